The summed E-state index contributed by atoms with van der Waals surface area (Å²) in [5.74, 6) is -4.36. The van der Waals surface area contributed by atoms with Gasteiger partial charge in [-0.25, -0.2) is 8.78 Å². The van der Waals surface area contributed by atoms with E-state index in [4.69, 9.17) is 0 Å². The minimum absolute atomic E-state index is 0.290. The van der Waals surface area contributed by atoms with Crippen molar-refractivity contribution in [3.63, 3.8) is 0 Å². The molecule has 1 amide bonds. The van der Waals surface area contributed by atoms with E-state index in [1.165, 1.54) is 0 Å². The van der Waals surface area contributed by atoms with Gasteiger partial charge in [-0.2, -0.15) is 0 Å². The second-order valence-electron chi connectivity index (χ2n) is 1.98. The third kappa shape index (κ3) is 1.31. The molecule has 0 bridgehead atoms. The molecule has 1 aliphatic carbocycles. The molecule has 0 aromatic heterocycles. The zero-order chi connectivity index (χ0) is 7.07. The van der Waals surface area contributed by atoms with Crippen LogP contribution in [0.1, 0.15) is 6.42 Å². The Kier molecular flexibility index (Phi) is 1.62. The van der Waals surface area contributed by atoms with Crippen molar-refractivity contribution in [2.45, 2.75) is 12.3 Å². The molecule has 0 saturated heterocycles. The summed E-state index contributed by atoms with van der Waals surface area (Å²) in [6, 6.07) is 0. The molecule has 1 atom stereocenters. The molecule has 1 rings (SSSR count). The van der Waals surface area contributed by atoms with Crippen molar-refractivity contribution in [1.29, 1.82) is 0 Å². The standard InChI is InChI=1S/C4H4F2INO/c5-4(6)1-2(4)3(9)8-7/h2H,1H2,(H,8,9)/t2-/m0/s1. The van der Waals surface area contributed by atoms with Crippen LogP contribution in [0.3, 0.4) is 0 Å². The predicted octanol–water partition coefficient (Wildman–Crippen LogP) is 1.11. The smallest absolute Gasteiger partial charge is 0.260 e. The maximum atomic E-state index is 12.0. The molecular formula is C4H4F2INO. The van der Waals surface area contributed by atoms with Crippen LogP contribution in [-0.4, -0.2) is 11.8 Å². The van der Waals surface area contributed by atoms with E-state index in [9.17, 15) is 13.6 Å². The Morgan fingerprint density at radius 2 is 2.22 bits per heavy atom. The third-order valence-electron chi connectivity index (χ3n) is 1.24. The molecule has 1 N–H and O–H groups in total. The second-order valence-corrected chi connectivity index (χ2v) is 2.52. The summed E-state index contributed by atoms with van der Waals surface area (Å²) < 4.78 is 26.1. The first kappa shape index (κ1) is 7.17. The van der Waals surface area contributed by atoms with E-state index < -0.39 is 17.7 Å². The van der Waals surface area contributed by atoms with Crippen molar-refractivity contribution in [2.75, 3.05) is 0 Å². The molecule has 0 spiro atoms. The maximum absolute atomic E-state index is 12.0. The van der Waals surface area contributed by atoms with Gasteiger partial charge in [0.25, 0.3) is 5.92 Å². The van der Waals surface area contributed by atoms with Crippen LogP contribution >= 0.6 is 22.9 Å². The normalized spacial score (nSPS) is 29.4. The Hall–Kier alpha value is 0.0600. The van der Waals surface area contributed by atoms with E-state index in [-0.39, 0.29) is 6.42 Å². The number of carbonyl (C=O) groups is 1. The van der Waals surface area contributed by atoms with Gasteiger partial charge in [0, 0.05) is 6.42 Å². The molecular weight excluding hydrogens is 243 g/mol. The van der Waals surface area contributed by atoms with Gasteiger partial charge in [0.15, 0.2) is 0 Å². The average molecular weight is 247 g/mol. The zero-order valence-corrected chi connectivity index (χ0v) is 6.48. The van der Waals surface area contributed by atoms with Crippen molar-refractivity contribution < 1.29 is 13.6 Å². The number of hydrogen-bond donors (Lipinski definition) is 1. The van der Waals surface area contributed by atoms with Crippen molar-refractivity contribution in [2.24, 2.45) is 5.92 Å². The highest BCUT2D eigenvalue weighted by Crippen LogP contribution is 2.48. The van der Waals surface area contributed by atoms with Gasteiger partial charge in [-0.05, 0) is 0 Å². The minimum Gasteiger partial charge on any atom is -0.298 e. The number of halogens is 3. The fraction of sp³-hybridized carbons (Fsp3) is 0.750. The Balaban J connectivity index is 2.42. The molecule has 0 aliphatic heterocycles. The number of amides is 1. The lowest BCUT2D eigenvalue weighted by molar-refractivity contribution is -0.122. The Bertz CT molecular complexity index is 150. The lowest BCUT2D eigenvalue weighted by Crippen LogP contribution is -2.17. The average Bonchev–Trinajstić information content (AvgIpc) is 2.38. The van der Waals surface area contributed by atoms with Crippen molar-refractivity contribution >= 4 is 28.8 Å². The van der Waals surface area contributed by atoms with Gasteiger partial charge < -0.3 is 0 Å². The third-order valence-corrected chi connectivity index (χ3v) is 1.77. The lowest BCUT2D eigenvalue weighted by Gasteiger charge is -1.92. The fourth-order valence-electron chi connectivity index (χ4n) is 0.564. The van der Waals surface area contributed by atoms with Crippen LogP contribution in [0, 0.1) is 5.92 Å². The Labute approximate surface area is 64.5 Å². The van der Waals surface area contributed by atoms with Crippen LogP contribution in [0.5, 0.6) is 0 Å². The predicted molar refractivity (Wildman–Crippen MR) is 35.2 cm³/mol. The molecule has 5 heteroatoms. The minimum atomic E-state index is -2.73. The van der Waals surface area contributed by atoms with Gasteiger partial charge >= 0.3 is 0 Å². The quantitative estimate of drug-likeness (QED) is 0.545. The number of rotatable bonds is 1. The highest BCUT2D eigenvalue weighted by atomic mass is 127. The van der Waals surface area contributed by atoms with Gasteiger partial charge in [0.1, 0.15) is 5.92 Å². The van der Waals surface area contributed by atoms with E-state index in [1.54, 1.807) is 22.9 Å². The first-order valence-corrected chi connectivity index (χ1v) is 3.44. The molecule has 9 heavy (non-hydrogen) atoms. The van der Waals surface area contributed by atoms with Crippen LogP contribution in [0.15, 0.2) is 0 Å². The molecule has 1 fully saturated rings. The SMILES string of the molecule is O=C(NI)[C@@H]1CC1(F)F. The van der Waals surface area contributed by atoms with Gasteiger partial charge in [-0.1, -0.05) is 0 Å². The Morgan fingerprint density at radius 1 is 1.78 bits per heavy atom. The van der Waals surface area contributed by atoms with Gasteiger partial charge in [0.2, 0.25) is 5.91 Å². The van der Waals surface area contributed by atoms with Gasteiger partial charge in [-0.15, -0.1) is 0 Å². The summed E-state index contributed by atoms with van der Waals surface area (Å²) in [6.07, 6.45) is -0.290. The highest BCUT2D eigenvalue weighted by molar-refractivity contribution is 14.1. The van der Waals surface area contributed by atoms with Crippen molar-refractivity contribution in [1.82, 2.24) is 3.53 Å². The summed E-state index contributed by atoms with van der Waals surface area (Å²) in [6.45, 7) is 0. The van der Waals surface area contributed by atoms with Crippen molar-refractivity contribution in [3.05, 3.63) is 0 Å². The number of alkyl halides is 2. The molecule has 0 heterocycles. The molecule has 1 saturated carbocycles. The fourth-order valence-corrected chi connectivity index (χ4v) is 0.939. The first-order valence-electron chi connectivity index (χ1n) is 2.36. The summed E-state index contributed by atoms with van der Waals surface area (Å²) in [4.78, 5) is 10.4. The monoisotopic (exact) mass is 247 g/mol. The van der Waals surface area contributed by atoms with E-state index in [0.29, 0.717) is 0 Å². The summed E-state index contributed by atoms with van der Waals surface area (Å²) >= 11 is 1.55. The van der Waals surface area contributed by atoms with E-state index in [0.717, 1.165) is 0 Å². The van der Waals surface area contributed by atoms with E-state index in [1.807, 2.05) is 0 Å². The number of hydrogen-bond acceptors (Lipinski definition) is 1. The molecule has 0 unspecified atom stereocenters. The zero-order valence-electron chi connectivity index (χ0n) is 4.33. The number of carbonyl (C=O) groups excluding carboxylic acids is 1. The van der Waals surface area contributed by atoms with Crippen LogP contribution in [0.2, 0.25) is 0 Å². The molecule has 1 aliphatic rings. The topological polar surface area (TPSA) is 29.1 Å². The van der Waals surface area contributed by atoms with Crippen LogP contribution in [0.4, 0.5) is 8.78 Å². The van der Waals surface area contributed by atoms with E-state index in [2.05, 4.69) is 3.53 Å². The highest BCUT2D eigenvalue weighted by Gasteiger charge is 2.61. The second kappa shape index (κ2) is 2.03. The maximum Gasteiger partial charge on any atom is 0.260 e. The largest absolute Gasteiger partial charge is 0.298 e. The molecule has 0 aromatic carbocycles. The summed E-state index contributed by atoms with van der Waals surface area (Å²) in [5.41, 5.74) is 0. The van der Waals surface area contributed by atoms with Crippen LogP contribution in [-0.2, 0) is 4.79 Å². The molecule has 2 nitrogen and oxygen atoms in total. The van der Waals surface area contributed by atoms with E-state index >= 15 is 0 Å². The van der Waals surface area contributed by atoms with Crippen LogP contribution in [0.25, 0.3) is 0 Å². The first-order chi connectivity index (χ1) is 4.08. The number of nitrogens with one attached hydrogen (secondary N) is 1. The van der Waals surface area contributed by atoms with Crippen LogP contribution < -0.4 is 3.53 Å². The lowest BCUT2D eigenvalue weighted by atomic mass is 10.4. The molecule has 0 aromatic rings. The molecule has 0 radical (unpaired) electrons. The van der Waals surface area contributed by atoms with Gasteiger partial charge in [-0.3, -0.25) is 8.32 Å². The summed E-state index contributed by atoms with van der Waals surface area (Å²) in [5, 5.41) is 0. The summed E-state index contributed by atoms with van der Waals surface area (Å²) in [7, 11) is 0. The van der Waals surface area contributed by atoms with Crippen molar-refractivity contribution in [3.8, 4) is 0 Å². The van der Waals surface area contributed by atoms with Gasteiger partial charge in [0.05, 0.1) is 22.9 Å². The molecule has 52 valence electrons. The Morgan fingerprint density at radius 3 is 2.33 bits per heavy atom.